The summed E-state index contributed by atoms with van der Waals surface area (Å²) in [4.78, 5) is 2.49. The summed E-state index contributed by atoms with van der Waals surface area (Å²) < 4.78 is 11.2. The van der Waals surface area contributed by atoms with E-state index in [4.69, 9.17) is 21.1 Å². The van der Waals surface area contributed by atoms with Crippen LogP contribution in [0.1, 0.15) is 19.8 Å². The molecule has 0 N–H and O–H groups in total. The molecule has 20 heavy (non-hydrogen) atoms. The van der Waals surface area contributed by atoms with Gasteiger partial charge in [0.15, 0.2) is 0 Å². The molecule has 1 aromatic rings. The molecule has 1 aliphatic rings. The lowest BCUT2D eigenvalue weighted by molar-refractivity contribution is 0.0709. The van der Waals surface area contributed by atoms with Gasteiger partial charge in [-0.1, -0.05) is 18.5 Å². The Labute approximate surface area is 126 Å². The molecular formula is C16H24ClNO2. The van der Waals surface area contributed by atoms with Gasteiger partial charge in [-0.25, -0.2) is 0 Å². The Morgan fingerprint density at radius 1 is 1.10 bits per heavy atom. The zero-order valence-corrected chi connectivity index (χ0v) is 12.9. The van der Waals surface area contributed by atoms with Crippen LogP contribution in [-0.2, 0) is 4.74 Å². The van der Waals surface area contributed by atoms with Crippen LogP contribution in [0.5, 0.6) is 5.75 Å². The minimum atomic E-state index is 0.582. The lowest BCUT2D eigenvalue weighted by Crippen LogP contribution is -2.35. The molecule has 3 nitrogen and oxygen atoms in total. The maximum atomic E-state index is 5.81. The van der Waals surface area contributed by atoms with Crippen molar-refractivity contribution in [3.8, 4) is 5.75 Å². The van der Waals surface area contributed by atoms with Gasteiger partial charge in [0, 0.05) is 11.6 Å². The smallest absolute Gasteiger partial charge is 0.119 e. The van der Waals surface area contributed by atoms with E-state index in [0.717, 1.165) is 29.8 Å². The molecule has 1 fully saturated rings. The predicted molar refractivity (Wildman–Crippen MR) is 82.6 cm³/mol. The van der Waals surface area contributed by atoms with Crippen molar-refractivity contribution in [3.63, 3.8) is 0 Å². The van der Waals surface area contributed by atoms with Crippen molar-refractivity contribution >= 4 is 11.6 Å². The van der Waals surface area contributed by atoms with E-state index in [1.807, 2.05) is 24.3 Å². The highest BCUT2D eigenvalue weighted by Crippen LogP contribution is 2.16. The molecule has 0 saturated carbocycles. The van der Waals surface area contributed by atoms with E-state index in [0.29, 0.717) is 13.2 Å². The molecule has 1 heterocycles. The number of halogens is 1. The van der Waals surface area contributed by atoms with E-state index in [-0.39, 0.29) is 0 Å². The molecule has 0 radical (unpaired) electrons. The lowest BCUT2D eigenvalue weighted by Gasteiger charge is -2.29. The topological polar surface area (TPSA) is 21.7 Å². The van der Waals surface area contributed by atoms with E-state index in [9.17, 15) is 0 Å². The second kappa shape index (κ2) is 8.50. The number of likely N-dealkylation sites (tertiary alicyclic amines) is 1. The molecule has 0 bridgehead atoms. The Kier molecular flexibility index (Phi) is 6.64. The normalized spacial score (nSPS) is 17.3. The third-order valence-corrected chi connectivity index (χ3v) is 3.99. The van der Waals surface area contributed by atoms with Crippen LogP contribution in [0.4, 0.5) is 0 Å². The predicted octanol–water partition coefficient (Wildman–Crippen LogP) is 3.47. The molecule has 112 valence electrons. The van der Waals surface area contributed by atoms with Crippen LogP contribution in [0.25, 0.3) is 0 Å². The standard InChI is InChI=1S/C16H24ClNO2/c1-14-6-8-18(9-7-14)10-11-19-12-13-20-16-4-2-15(17)3-5-16/h2-5,14H,6-13H2,1H3. The van der Waals surface area contributed by atoms with Gasteiger partial charge in [0.25, 0.3) is 0 Å². The molecule has 4 heteroatoms. The van der Waals surface area contributed by atoms with Crippen molar-refractivity contribution < 1.29 is 9.47 Å². The fourth-order valence-corrected chi connectivity index (χ4v) is 2.46. The number of nitrogens with zero attached hydrogens (tertiary/aromatic N) is 1. The van der Waals surface area contributed by atoms with Crippen LogP contribution in [0.15, 0.2) is 24.3 Å². The van der Waals surface area contributed by atoms with Gasteiger partial charge in [-0.3, -0.25) is 0 Å². The van der Waals surface area contributed by atoms with Crippen LogP contribution in [0.3, 0.4) is 0 Å². The summed E-state index contributed by atoms with van der Waals surface area (Å²) in [5, 5.41) is 0.726. The Morgan fingerprint density at radius 2 is 1.80 bits per heavy atom. The summed E-state index contributed by atoms with van der Waals surface area (Å²) in [7, 11) is 0. The number of rotatable bonds is 7. The van der Waals surface area contributed by atoms with Gasteiger partial charge < -0.3 is 14.4 Å². The SMILES string of the molecule is CC1CCN(CCOCCOc2ccc(Cl)cc2)CC1. The highest BCUT2D eigenvalue weighted by atomic mass is 35.5. The minimum absolute atomic E-state index is 0.582. The molecule has 0 amide bonds. The van der Waals surface area contributed by atoms with Gasteiger partial charge in [-0.15, -0.1) is 0 Å². The van der Waals surface area contributed by atoms with Crippen molar-refractivity contribution in [2.45, 2.75) is 19.8 Å². The molecule has 0 atom stereocenters. The summed E-state index contributed by atoms with van der Waals surface area (Å²) in [5.74, 6) is 1.72. The number of hydrogen-bond donors (Lipinski definition) is 0. The summed E-state index contributed by atoms with van der Waals surface area (Å²) >= 11 is 5.81. The van der Waals surface area contributed by atoms with Crippen molar-refractivity contribution in [2.24, 2.45) is 5.92 Å². The van der Waals surface area contributed by atoms with Crippen molar-refractivity contribution in [2.75, 3.05) is 39.5 Å². The zero-order chi connectivity index (χ0) is 14.2. The van der Waals surface area contributed by atoms with Crippen molar-refractivity contribution in [3.05, 3.63) is 29.3 Å². The molecule has 0 unspecified atom stereocenters. The van der Waals surface area contributed by atoms with E-state index >= 15 is 0 Å². The van der Waals surface area contributed by atoms with Crippen LogP contribution in [0.2, 0.25) is 5.02 Å². The van der Waals surface area contributed by atoms with Gasteiger partial charge in [0.2, 0.25) is 0 Å². The first-order chi connectivity index (χ1) is 9.74. The summed E-state index contributed by atoms with van der Waals surface area (Å²) in [6.45, 7) is 7.80. The fourth-order valence-electron chi connectivity index (χ4n) is 2.33. The first-order valence-corrected chi connectivity index (χ1v) is 7.80. The minimum Gasteiger partial charge on any atom is -0.491 e. The van der Waals surface area contributed by atoms with Gasteiger partial charge in [0.1, 0.15) is 12.4 Å². The van der Waals surface area contributed by atoms with Gasteiger partial charge >= 0.3 is 0 Å². The summed E-state index contributed by atoms with van der Waals surface area (Å²) in [5.41, 5.74) is 0. The molecule has 1 saturated heterocycles. The Bertz CT molecular complexity index is 375. The number of benzene rings is 1. The van der Waals surface area contributed by atoms with Gasteiger partial charge in [0.05, 0.1) is 13.2 Å². The first-order valence-electron chi connectivity index (χ1n) is 7.42. The number of ether oxygens (including phenoxy) is 2. The molecular weight excluding hydrogens is 274 g/mol. The van der Waals surface area contributed by atoms with E-state index in [1.54, 1.807) is 0 Å². The van der Waals surface area contributed by atoms with Crippen LogP contribution >= 0.6 is 11.6 Å². The average Bonchev–Trinajstić information content (AvgIpc) is 2.46. The van der Waals surface area contributed by atoms with E-state index in [1.165, 1.54) is 25.9 Å². The average molecular weight is 298 g/mol. The third-order valence-electron chi connectivity index (χ3n) is 3.74. The van der Waals surface area contributed by atoms with E-state index in [2.05, 4.69) is 11.8 Å². The Morgan fingerprint density at radius 3 is 2.50 bits per heavy atom. The summed E-state index contributed by atoms with van der Waals surface area (Å²) in [6.07, 6.45) is 2.64. The molecule has 2 rings (SSSR count). The number of piperidine rings is 1. The van der Waals surface area contributed by atoms with Crippen LogP contribution < -0.4 is 4.74 Å². The highest BCUT2D eigenvalue weighted by molar-refractivity contribution is 6.30. The van der Waals surface area contributed by atoms with E-state index < -0.39 is 0 Å². The Balaban J connectivity index is 1.48. The van der Waals surface area contributed by atoms with Crippen molar-refractivity contribution in [1.29, 1.82) is 0 Å². The second-order valence-corrected chi connectivity index (χ2v) is 5.88. The maximum Gasteiger partial charge on any atom is 0.119 e. The van der Waals surface area contributed by atoms with Gasteiger partial charge in [-0.05, 0) is 56.1 Å². The highest BCUT2D eigenvalue weighted by Gasteiger charge is 2.14. The number of hydrogen-bond acceptors (Lipinski definition) is 3. The molecule has 0 aromatic heterocycles. The van der Waals surface area contributed by atoms with Crippen LogP contribution in [0, 0.1) is 5.92 Å². The van der Waals surface area contributed by atoms with Crippen LogP contribution in [-0.4, -0.2) is 44.4 Å². The maximum absolute atomic E-state index is 5.81. The lowest BCUT2D eigenvalue weighted by atomic mass is 9.99. The monoisotopic (exact) mass is 297 g/mol. The molecule has 0 aliphatic carbocycles. The second-order valence-electron chi connectivity index (χ2n) is 5.44. The third kappa shape index (κ3) is 5.70. The Hall–Kier alpha value is -0.770. The summed E-state index contributed by atoms with van der Waals surface area (Å²) in [6, 6.07) is 7.40. The zero-order valence-electron chi connectivity index (χ0n) is 12.2. The van der Waals surface area contributed by atoms with Gasteiger partial charge in [-0.2, -0.15) is 0 Å². The first kappa shape index (κ1) is 15.6. The molecule has 1 aliphatic heterocycles. The quantitative estimate of drug-likeness (QED) is 0.719. The fraction of sp³-hybridized carbons (Fsp3) is 0.625. The molecule has 1 aromatic carbocycles. The van der Waals surface area contributed by atoms with Crippen molar-refractivity contribution in [1.82, 2.24) is 4.90 Å². The molecule has 0 spiro atoms. The largest absolute Gasteiger partial charge is 0.491 e.